The number of nitro benzene ring substituents is 1. The van der Waals surface area contributed by atoms with Gasteiger partial charge in [0.05, 0.1) is 12.5 Å². The lowest BCUT2D eigenvalue weighted by molar-refractivity contribution is -0.385. The third kappa shape index (κ3) is 3.44. The number of rotatable bonds is 5. The minimum atomic E-state index is -0.545. The smallest absolute Gasteiger partial charge is 0.310 e. The summed E-state index contributed by atoms with van der Waals surface area (Å²) in [5.74, 6) is -0.173. The molecule has 0 aliphatic carbocycles. The van der Waals surface area contributed by atoms with Crippen molar-refractivity contribution >= 4 is 54.7 Å². The molecule has 0 N–H and O–H groups in total. The summed E-state index contributed by atoms with van der Waals surface area (Å²) in [6.07, 6.45) is 0. The predicted molar refractivity (Wildman–Crippen MR) is 82.6 cm³/mol. The van der Waals surface area contributed by atoms with Gasteiger partial charge < -0.3 is 4.74 Å². The van der Waals surface area contributed by atoms with Crippen LogP contribution >= 0.6 is 43.2 Å². The highest BCUT2D eigenvalue weighted by molar-refractivity contribution is 9.12. The van der Waals surface area contributed by atoms with Crippen LogP contribution in [-0.2, 0) is 0 Å². The minimum absolute atomic E-state index is 0.0799. The number of benzene rings is 1. The molecule has 0 aliphatic heterocycles. The van der Waals surface area contributed by atoms with Crippen molar-refractivity contribution in [3.63, 3.8) is 0 Å². The van der Waals surface area contributed by atoms with Crippen molar-refractivity contribution in [2.75, 3.05) is 6.61 Å². The number of carbonyl (C=O) groups is 1. The van der Waals surface area contributed by atoms with E-state index in [0.29, 0.717) is 9.35 Å². The summed E-state index contributed by atoms with van der Waals surface area (Å²) in [6, 6.07) is 7.63. The Bertz CT molecular complexity index is 671. The number of hydrogen-bond donors (Lipinski definition) is 0. The number of hydrogen-bond acceptors (Lipinski definition) is 5. The van der Waals surface area contributed by atoms with Crippen molar-refractivity contribution < 1.29 is 14.5 Å². The molecule has 0 spiro atoms. The second-order valence-electron chi connectivity index (χ2n) is 3.67. The van der Waals surface area contributed by atoms with Gasteiger partial charge in [-0.05, 0) is 44.0 Å². The number of ketones is 1. The van der Waals surface area contributed by atoms with E-state index < -0.39 is 4.92 Å². The van der Waals surface area contributed by atoms with Crippen molar-refractivity contribution in [3.8, 4) is 5.75 Å². The van der Waals surface area contributed by atoms with E-state index >= 15 is 0 Å². The Morgan fingerprint density at radius 2 is 2.05 bits per heavy atom. The van der Waals surface area contributed by atoms with Crippen LogP contribution in [0, 0.1) is 10.1 Å². The molecule has 0 atom stereocenters. The number of nitrogens with zero attached hydrogens (tertiary/aromatic N) is 1. The molecule has 0 amide bonds. The van der Waals surface area contributed by atoms with Crippen LogP contribution in [0.5, 0.6) is 5.75 Å². The lowest BCUT2D eigenvalue weighted by atomic mass is 10.2. The average molecular weight is 421 g/mol. The van der Waals surface area contributed by atoms with Gasteiger partial charge in [0.15, 0.2) is 12.4 Å². The van der Waals surface area contributed by atoms with Crippen molar-refractivity contribution in [2.24, 2.45) is 0 Å². The predicted octanol–water partition coefficient (Wildman–Crippen LogP) is 4.44. The molecule has 0 bridgehead atoms. The maximum Gasteiger partial charge on any atom is 0.310 e. The standard InChI is InChI=1S/C12H7Br2NO4S/c13-11-5-7(12(14)20-11)9(16)6-19-10-4-2-1-3-8(10)15(17)18/h1-5H,6H2. The van der Waals surface area contributed by atoms with E-state index in [2.05, 4.69) is 31.9 Å². The molecule has 1 aromatic carbocycles. The molecule has 0 fully saturated rings. The summed E-state index contributed by atoms with van der Waals surface area (Å²) in [4.78, 5) is 22.3. The first-order valence-electron chi connectivity index (χ1n) is 5.33. The lowest BCUT2D eigenvalue weighted by Crippen LogP contribution is -2.12. The van der Waals surface area contributed by atoms with Crippen LogP contribution in [0.1, 0.15) is 10.4 Å². The van der Waals surface area contributed by atoms with Gasteiger partial charge in [-0.2, -0.15) is 0 Å². The Kier molecular flexibility index (Phi) is 4.90. The Labute approximate surface area is 135 Å². The largest absolute Gasteiger partial charge is 0.478 e. The van der Waals surface area contributed by atoms with Crippen LogP contribution in [0.25, 0.3) is 0 Å². The average Bonchev–Trinajstić information content (AvgIpc) is 2.75. The molecule has 0 saturated carbocycles. The Balaban J connectivity index is 2.11. The van der Waals surface area contributed by atoms with E-state index in [9.17, 15) is 14.9 Å². The first-order chi connectivity index (χ1) is 9.49. The lowest BCUT2D eigenvalue weighted by Gasteiger charge is -2.05. The molecule has 0 aliphatic rings. The Morgan fingerprint density at radius 3 is 2.65 bits per heavy atom. The number of para-hydroxylation sites is 2. The molecule has 2 aromatic rings. The van der Waals surface area contributed by atoms with Crippen LogP contribution in [0.4, 0.5) is 5.69 Å². The van der Waals surface area contributed by atoms with E-state index in [1.807, 2.05) is 0 Å². The summed E-state index contributed by atoms with van der Waals surface area (Å²) in [7, 11) is 0. The number of nitro groups is 1. The fourth-order valence-electron chi connectivity index (χ4n) is 1.48. The number of halogens is 2. The van der Waals surface area contributed by atoms with E-state index in [1.54, 1.807) is 18.2 Å². The first kappa shape index (κ1) is 15.1. The molecule has 0 saturated heterocycles. The van der Waals surface area contributed by atoms with Gasteiger partial charge in [-0.15, -0.1) is 11.3 Å². The molecule has 8 heteroatoms. The molecule has 104 valence electrons. The molecule has 0 unspecified atom stereocenters. The minimum Gasteiger partial charge on any atom is -0.478 e. The van der Waals surface area contributed by atoms with Crippen LogP contribution in [-0.4, -0.2) is 17.3 Å². The molecule has 0 radical (unpaired) electrons. The first-order valence-corrected chi connectivity index (χ1v) is 7.73. The number of Topliss-reactive ketones (excluding diaryl/α,β-unsaturated/α-hetero) is 1. The quantitative estimate of drug-likeness (QED) is 0.407. The van der Waals surface area contributed by atoms with Gasteiger partial charge in [0.2, 0.25) is 5.78 Å². The number of thiophene rings is 1. The van der Waals surface area contributed by atoms with E-state index in [0.717, 1.165) is 3.79 Å². The number of carbonyl (C=O) groups excluding carboxylic acids is 1. The normalized spacial score (nSPS) is 10.3. The monoisotopic (exact) mass is 419 g/mol. The summed E-state index contributed by atoms with van der Waals surface area (Å²) in [5, 5.41) is 10.8. The second kappa shape index (κ2) is 6.47. The van der Waals surface area contributed by atoms with Gasteiger partial charge in [0.25, 0.3) is 0 Å². The van der Waals surface area contributed by atoms with Crippen molar-refractivity contribution in [1.29, 1.82) is 0 Å². The fraction of sp³-hybridized carbons (Fsp3) is 0.0833. The van der Waals surface area contributed by atoms with E-state index in [-0.39, 0.29) is 23.8 Å². The summed E-state index contributed by atoms with van der Waals surface area (Å²) in [5.41, 5.74) is 0.325. The van der Waals surface area contributed by atoms with Crippen molar-refractivity contribution in [2.45, 2.75) is 0 Å². The third-order valence-electron chi connectivity index (χ3n) is 2.38. The zero-order valence-electron chi connectivity index (χ0n) is 9.84. The molecule has 1 aromatic heterocycles. The van der Waals surface area contributed by atoms with Gasteiger partial charge in [-0.3, -0.25) is 14.9 Å². The molecule has 1 heterocycles. The molecular formula is C12H7Br2NO4S. The van der Waals surface area contributed by atoms with Crippen molar-refractivity contribution in [3.05, 3.63) is 53.6 Å². The highest BCUT2D eigenvalue weighted by Crippen LogP contribution is 2.32. The number of ether oxygens (including phenoxy) is 1. The molecular weight excluding hydrogens is 414 g/mol. The van der Waals surface area contributed by atoms with Gasteiger partial charge >= 0.3 is 5.69 Å². The van der Waals surface area contributed by atoms with Gasteiger partial charge in [0, 0.05) is 11.6 Å². The zero-order valence-corrected chi connectivity index (χ0v) is 13.8. The molecule has 20 heavy (non-hydrogen) atoms. The van der Waals surface area contributed by atoms with Crippen LogP contribution < -0.4 is 4.74 Å². The zero-order chi connectivity index (χ0) is 14.7. The van der Waals surface area contributed by atoms with Gasteiger partial charge in [-0.1, -0.05) is 12.1 Å². The summed E-state index contributed by atoms with van der Waals surface area (Å²) >= 11 is 7.95. The highest BCUT2D eigenvalue weighted by Gasteiger charge is 2.18. The summed E-state index contributed by atoms with van der Waals surface area (Å²) < 4.78 is 6.77. The fourth-order valence-corrected chi connectivity index (χ4v) is 4.34. The highest BCUT2D eigenvalue weighted by atomic mass is 79.9. The van der Waals surface area contributed by atoms with Crippen LogP contribution in [0.3, 0.4) is 0 Å². The molecule has 2 rings (SSSR count). The van der Waals surface area contributed by atoms with Gasteiger partial charge in [-0.25, -0.2) is 0 Å². The van der Waals surface area contributed by atoms with E-state index in [4.69, 9.17) is 4.74 Å². The summed E-state index contributed by atoms with van der Waals surface area (Å²) in [6.45, 7) is -0.257. The third-order valence-corrected chi connectivity index (χ3v) is 4.72. The van der Waals surface area contributed by atoms with Crippen LogP contribution in [0.2, 0.25) is 0 Å². The maximum absolute atomic E-state index is 12.0. The van der Waals surface area contributed by atoms with E-state index in [1.165, 1.54) is 23.5 Å². The second-order valence-corrected chi connectivity index (χ2v) is 7.42. The maximum atomic E-state index is 12.0. The Morgan fingerprint density at radius 1 is 1.35 bits per heavy atom. The van der Waals surface area contributed by atoms with Crippen LogP contribution in [0.15, 0.2) is 37.9 Å². The van der Waals surface area contributed by atoms with Gasteiger partial charge in [0.1, 0.15) is 0 Å². The SMILES string of the molecule is O=C(COc1ccccc1[N+](=O)[O-])c1cc(Br)sc1Br. The Hall–Kier alpha value is -1.25. The van der Waals surface area contributed by atoms with Crippen molar-refractivity contribution in [1.82, 2.24) is 0 Å². The molecule has 5 nitrogen and oxygen atoms in total. The topological polar surface area (TPSA) is 69.4 Å².